The van der Waals surface area contributed by atoms with E-state index in [1.807, 2.05) is 6.08 Å². The maximum atomic E-state index is 13.2. The molecule has 1 heterocycles. The van der Waals surface area contributed by atoms with E-state index in [0.717, 1.165) is 44.5 Å². The average molecular weight is 582 g/mol. The number of unbranched alkanes of at least 4 members (excludes halogenated alkanes) is 1. The van der Waals surface area contributed by atoms with Gasteiger partial charge < -0.3 is 10.4 Å². The number of halogens is 1. The number of aliphatic hydroxyl groups excluding tert-OH is 1. The second-order valence-electron chi connectivity index (χ2n) is 10.7. The van der Waals surface area contributed by atoms with Crippen LogP contribution < -0.4 is 10.0 Å². The summed E-state index contributed by atoms with van der Waals surface area (Å²) in [4.78, 5) is 9.96. The summed E-state index contributed by atoms with van der Waals surface area (Å²) in [6.45, 7) is 5.00. The molecule has 0 saturated heterocycles. The maximum Gasteiger partial charge on any atom is 0.261 e. The molecule has 2 aromatic carbocycles. The van der Waals surface area contributed by atoms with Gasteiger partial charge in [-0.3, -0.25) is 20.1 Å². The van der Waals surface area contributed by atoms with Gasteiger partial charge in [-0.15, -0.1) is 0 Å². The van der Waals surface area contributed by atoms with Crippen LogP contribution >= 0.6 is 0 Å². The highest BCUT2D eigenvalue weighted by atomic mass is 32.2. The van der Waals surface area contributed by atoms with Crippen molar-refractivity contribution >= 4 is 33.1 Å². The van der Waals surface area contributed by atoms with E-state index in [-0.39, 0.29) is 34.4 Å². The highest BCUT2D eigenvalue weighted by molar-refractivity contribution is 7.92. The van der Waals surface area contributed by atoms with Crippen LogP contribution in [0.2, 0.25) is 0 Å². The fourth-order valence-electron chi connectivity index (χ4n) is 5.03. The second kappa shape index (κ2) is 14.0. The van der Waals surface area contributed by atoms with Gasteiger partial charge in [0.25, 0.3) is 10.0 Å². The molecule has 10 heteroatoms. The molecule has 0 amide bonds. The number of anilines is 1. The Morgan fingerprint density at radius 1 is 1.07 bits per heavy atom. The first-order valence-electron chi connectivity index (χ1n) is 14.5. The van der Waals surface area contributed by atoms with Gasteiger partial charge in [0.15, 0.2) is 0 Å². The van der Waals surface area contributed by atoms with Gasteiger partial charge in [-0.1, -0.05) is 38.5 Å². The summed E-state index contributed by atoms with van der Waals surface area (Å²) < 4.78 is 41.5. The van der Waals surface area contributed by atoms with Crippen LogP contribution in [-0.2, 0) is 10.0 Å². The molecule has 1 saturated carbocycles. The van der Waals surface area contributed by atoms with Crippen molar-refractivity contribution in [1.29, 1.82) is 5.41 Å². The first-order chi connectivity index (χ1) is 19.7. The number of amidine groups is 2. The van der Waals surface area contributed by atoms with Crippen LogP contribution in [0.4, 0.5) is 10.1 Å². The molecule has 0 spiro atoms. The lowest BCUT2D eigenvalue weighted by Crippen LogP contribution is -2.37. The molecule has 1 unspecified atom stereocenters. The summed E-state index contributed by atoms with van der Waals surface area (Å²) >= 11 is 0. The summed E-state index contributed by atoms with van der Waals surface area (Å²) in [5.41, 5.74) is 1.73. The lowest BCUT2D eigenvalue weighted by Gasteiger charge is -2.24. The normalized spacial score (nSPS) is 23.5. The quantitative estimate of drug-likeness (QED) is 0.208. The molecule has 0 aromatic heterocycles. The Balaban J connectivity index is 1.61. The number of nitrogens with one attached hydrogen (secondary N) is 3. The molecule has 1 atom stereocenters. The number of hydrogen-bond donors (Lipinski definition) is 4. The van der Waals surface area contributed by atoms with Crippen molar-refractivity contribution in [3.63, 3.8) is 0 Å². The lowest BCUT2D eigenvalue weighted by molar-refractivity contribution is 0.123. The Bertz CT molecular complexity index is 1390. The van der Waals surface area contributed by atoms with Gasteiger partial charge in [-0.25, -0.2) is 12.8 Å². The van der Waals surface area contributed by atoms with Gasteiger partial charge in [0.05, 0.1) is 22.8 Å². The molecule has 41 heavy (non-hydrogen) atoms. The molecule has 0 radical (unpaired) electrons. The van der Waals surface area contributed by atoms with Gasteiger partial charge in [0, 0.05) is 29.3 Å². The van der Waals surface area contributed by atoms with Crippen molar-refractivity contribution in [2.45, 2.75) is 82.3 Å². The molecule has 4 N–H and O–H groups in total. The van der Waals surface area contributed by atoms with Crippen molar-refractivity contribution in [3.05, 3.63) is 71.6 Å². The minimum atomic E-state index is -3.89. The molecule has 8 nitrogen and oxygen atoms in total. The number of allylic oxidation sites excluding steroid dienone is 1. The fraction of sp³-hybridized carbons (Fsp3) is 0.452. The van der Waals surface area contributed by atoms with E-state index in [9.17, 15) is 17.9 Å². The van der Waals surface area contributed by atoms with Crippen LogP contribution in [0.25, 0.3) is 0 Å². The van der Waals surface area contributed by atoms with Crippen molar-refractivity contribution in [2.24, 2.45) is 15.9 Å². The van der Waals surface area contributed by atoms with Crippen molar-refractivity contribution < 1.29 is 17.9 Å². The van der Waals surface area contributed by atoms with E-state index in [1.54, 1.807) is 12.1 Å². The molecule has 4 rings (SSSR count). The summed E-state index contributed by atoms with van der Waals surface area (Å²) in [7, 11) is -3.89. The van der Waals surface area contributed by atoms with Crippen LogP contribution in [0.15, 0.2) is 75.1 Å². The van der Waals surface area contributed by atoms with E-state index in [4.69, 9.17) is 15.4 Å². The van der Waals surface area contributed by atoms with E-state index in [1.165, 1.54) is 36.4 Å². The Labute approximate surface area is 242 Å². The highest BCUT2D eigenvalue weighted by Gasteiger charge is 2.27. The van der Waals surface area contributed by atoms with Crippen LogP contribution in [0, 0.1) is 17.1 Å². The summed E-state index contributed by atoms with van der Waals surface area (Å²) in [6.07, 6.45) is 8.37. The standard InChI is InChI=1S/C31H40FN5O3S/c1-3-5-20-34-30-21(4-2)8-19-28(31(36-30)35-24-13-15-26(38)16-14-24)29(33)22-6-17-27(18-7-22)41(39,40)37-25-11-9-23(32)10-12-25/h6-7,9-12,17-19,21,24,26,33,37-38H,3-5,8,13-16,20H2,1-2H3,(H,34,35,36). The van der Waals surface area contributed by atoms with E-state index in [2.05, 4.69) is 23.9 Å². The van der Waals surface area contributed by atoms with Crippen LogP contribution in [0.3, 0.4) is 0 Å². The third kappa shape index (κ3) is 8.10. The molecular weight excluding hydrogens is 541 g/mol. The molecule has 1 aliphatic carbocycles. The van der Waals surface area contributed by atoms with Crippen molar-refractivity contribution in [3.8, 4) is 0 Å². The smallest absolute Gasteiger partial charge is 0.261 e. The number of sulfonamides is 1. The zero-order valence-corrected chi connectivity index (χ0v) is 24.6. The monoisotopic (exact) mass is 581 g/mol. The second-order valence-corrected chi connectivity index (χ2v) is 12.3. The zero-order chi connectivity index (χ0) is 29.4. The topological polar surface area (TPSA) is 127 Å². The third-order valence-corrected chi connectivity index (χ3v) is 8.98. The Hall–Kier alpha value is -3.37. The zero-order valence-electron chi connectivity index (χ0n) is 23.7. The third-order valence-electron chi connectivity index (χ3n) is 7.58. The predicted molar refractivity (Wildman–Crippen MR) is 163 cm³/mol. The Morgan fingerprint density at radius 2 is 1.76 bits per heavy atom. The molecule has 2 aliphatic rings. The van der Waals surface area contributed by atoms with Gasteiger partial charge in [0.2, 0.25) is 0 Å². The van der Waals surface area contributed by atoms with Crippen molar-refractivity contribution in [1.82, 2.24) is 5.32 Å². The molecule has 2 aromatic rings. The number of hydrogen-bond acceptors (Lipinski definition) is 6. The molecule has 0 bridgehead atoms. The summed E-state index contributed by atoms with van der Waals surface area (Å²) in [6, 6.07) is 11.3. The van der Waals surface area contributed by atoms with Gasteiger partial charge in [-0.05, 0) is 81.3 Å². The largest absolute Gasteiger partial charge is 0.393 e. The average Bonchev–Trinajstić information content (AvgIpc) is 3.14. The number of aliphatic hydroxyl groups is 1. The minimum Gasteiger partial charge on any atom is -0.393 e. The van der Waals surface area contributed by atoms with Gasteiger partial charge >= 0.3 is 0 Å². The minimum absolute atomic E-state index is 0.0391. The predicted octanol–water partition coefficient (Wildman–Crippen LogP) is 5.84. The number of benzene rings is 2. The highest BCUT2D eigenvalue weighted by Crippen LogP contribution is 2.25. The number of rotatable bonds is 10. The van der Waals surface area contributed by atoms with E-state index >= 15 is 0 Å². The maximum absolute atomic E-state index is 13.2. The van der Waals surface area contributed by atoms with E-state index in [0.29, 0.717) is 36.2 Å². The van der Waals surface area contributed by atoms with Gasteiger partial charge in [0.1, 0.15) is 17.5 Å². The molecular formula is C31H40FN5O3S. The molecule has 1 fully saturated rings. The Morgan fingerprint density at radius 3 is 2.39 bits per heavy atom. The lowest BCUT2D eigenvalue weighted by atomic mass is 9.93. The SMILES string of the molecule is CCCCN=C1NC(=NC2CCC(O)CC2)C(C(=N)c2ccc(S(=O)(=O)Nc3ccc(F)cc3)cc2)=CCC1CC. The van der Waals surface area contributed by atoms with E-state index < -0.39 is 15.8 Å². The van der Waals surface area contributed by atoms with Crippen LogP contribution in [-0.4, -0.2) is 49.6 Å². The molecule has 220 valence electrons. The summed E-state index contributed by atoms with van der Waals surface area (Å²) in [5.74, 6) is 1.23. The first-order valence-corrected chi connectivity index (χ1v) is 15.9. The summed E-state index contributed by atoms with van der Waals surface area (Å²) in [5, 5.41) is 22.6. The number of nitrogens with zero attached hydrogens (tertiary/aromatic N) is 2. The molecule has 1 aliphatic heterocycles. The van der Waals surface area contributed by atoms with Gasteiger partial charge in [-0.2, -0.15) is 0 Å². The first kappa shape index (κ1) is 30.6. The Kier molecular flexibility index (Phi) is 10.4. The van der Waals surface area contributed by atoms with Crippen LogP contribution in [0.5, 0.6) is 0 Å². The van der Waals surface area contributed by atoms with Crippen molar-refractivity contribution in [2.75, 3.05) is 11.3 Å². The number of aliphatic imine (C=N–C) groups is 2. The van der Waals surface area contributed by atoms with Crippen LogP contribution in [0.1, 0.15) is 70.8 Å². The fourth-order valence-corrected chi connectivity index (χ4v) is 6.08.